The van der Waals surface area contributed by atoms with Gasteiger partial charge in [0, 0.05) is 17.9 Å². The van der Waals surface area contributed by atoms with Crippen molar-refractivity contribution >= 4 is 23.1 Å². The molecule has 64 valence electrons. The summed E-state index contributed by atoms with van der Waals surface area (Å²) in [4.78, 5) is 21.5. The zero-order chi connectivity index (χ0) is 8.97. The third kappa shape index (κ3) is 2.47. The summed E-state index contributed by atoms with van der Waals surface area (Å²) in [6.45, 7) is 1.12. The molecular formula is C8H8O3S. The molecule has 0 bridgehead atoms. The number of carbonyl (C=O) groups excluding carboxylic acids is 2. The first-order valence-corrected chi connectivity index (χ1v) is 4.33. The first-order valence-electron chi connectivity index (χ1n) is 3.39. The van der Waals surface area contributed by atoms with Gasteiger partial charge in [-0.15, -0.1) is 0 Å². The standard InChI is InChI=1S/C8H8O3S/c1-6(9)11-4-8(10)7-2-3-12-5-7/h2-3,5H,4H2,1H3. The number of ketones is 1. The van der Waals surface area contributed by atoms with Crippen LogP contribution in [0.1, 0.15) is 17.3 Å². The molecule has 0 unspecified atom stereocenters. The van der Waals surface area contributed by atoms with Crippen LogP contribution in [-0.2, 0) is 9.53 Å². The number of carbonyl (C=O) groups is 2. The van der Waals surface area contributed by atoms with E-state index in [9.17, 15) is 9.59 Å². The molecule has 0 atom stereocenters. The number of hydrogen-bond donors (Lipinski definition) is 0. The highest BCUT2D eigenvalue weighted by Crippen LogP contribution is 2.06. The van der Waals surface area contributed by atoms with E-state index in [0.717, 1.165) is 0 Å². The summed E-state index contributed by atoms with van der Waals surface area (Å²) >= 11 is 1.44. The van der Waals surface area contributed by atoms with E-state index in [1.807, 2.05) is 0 Å². The third-order valence-electron chi connectivity index (χ3n) is 1.25. The van der Waals surface area contributed by atoms with Crippen LogP contribution in [0.4, 0.5) is 0 Å². The molecule has 0 amide bonds. The monoisotopic (exact) mass is 184 g/mol. The average Bonchev–Trinajstić information content (AvgIpc) is 2.51. The Balaban J connectivity index is 2.45. The van der Waals surface area contributed by atoms with Crippen LogP contribution < -0.4 is 0 Å². The molecule has 1 aromatic heterocycles. The van der Waals surface area contributed by atoms with Crippen LogP contribution >= 0.6 is 11.3 Å². The minimum atomic E-state index is -0.432. The normalized spacial score (nSPS) is 9.42. The van der Waals surface area contributed by atoms with Gasteiger partial charge >= 0.3 is 5.97 Å². The maximum Gasteiger partial charge on any atom is 0.303 e. The van der Waals surface area contributed by atoms with E-state index < -0.39 is 5.97 Å². The van der Waals surface area contributed by atoms with E-state index in [1.165, 1.54) is 18.3 Å². The lowest BCUT2D eigenvalue weighted by Gasteiger charge is -1.97. The van der Waals surface area contributed by atoms with E-state index in [4.69, 9.17) is 0 Å². The number of esters is 1. The quantitative estimate of drug-likeness (QED) is 0.528. The maximum atomic E-state index is 11.1. The van der Waals surface area contributed by atoms with Gasteiger partial charge in [0.05, 0.1) is 0 Å². The molecule has 3 nitrogen and oxygen atoms in total. The summed E-state index contributed by atoms with van der Waals surface area (Å²) in [7, 11) is 0. The fourth-order valence-corrected chi connectivity index (χ4v) is 1.33. The highest BCUT2D eigenvalue weighted by molar-refractivity contribution is 7.08. The van der Waals surface area contributed by atoms with Crippen molar-refractivity contribution in [2.75, 3.05) is 6.61 Å². The van der Waals surface area contributed by atoms with E-state index in [1.54, 1.807) is 16.8 Å². The smallest absolute Gasteiger partial charge is 0.303 e. The Kier molecular flexibility index (Phi) is 2.99. The Morgan fingerprint density at radius 3 is 2.83 bits per heavy atom. The van der Waals surface area contributed by atoms with Crippen LogP contribution in [0.25, 0.3) is 0 Å². The summed E-state index contributed by atoms with van der Waals surface area (Å²) < 4.78 is 4.54. The van der Waals surface area contributed by atoms with Crippen LogP contribution in [0.5, 0.6) is 0 Å². The van der Waals surface area contributed by atoms with Crippen LogP contribution in [-0.4, -0.2) is 18.4 Å². The fraction of sp³-hybridized carbons (Fsp3) is 0.250. The molecule has 0 aliphatic carbocycles. The molecule has 0 aromatic carbocycles. The molecule has 0 radical (unpaired) electrons. The van der Waals surface area contributed by atoms with Gasteiger partial charge in [-0.2, -0.15) is 11.3 Å². The van der Waals surface area contributed by atoms with Crippen LogP contribution in [0, 0.1) is 0 Å². The van der Waals surface area contributed by atoms with E-state index in [2.05, 4.69) is 4.74 Å². The summed E-state index contributed by atoms with van der Waals surface area (Å²) in [5.74, 6) is -0.593. The first-order chi connectivity index (χ1) is 5.70. The van der Waals surface area contributed by atoms with Gasteiger partial charge in [-0.25, -0.2) is 0 Å². The molecule has 4 heteroatoms. The van der Waals surface area contributed by atoms with Crippen LogP contribution in [0.15, 0.2) is 16.8 Å². The number of thiophene rings is 1. The molecule has 0 saturated carbocycles. The van der Waals surface area contributed by atoms with E-state index >= 15 is 0 Å². The highest BCUT2D eigenvalue weighted by Gasteiger charge is 2.06. The second kappa shape index (κ2) is 4.01. The average molecular weight is 184 g/mol. The van der Waals surface area contributed by atoms with Gasteiger partial charge in [-0.05, 0) is 11.4 Å². The number of ether oxygens (including phenoxy) is 1. The molecule has 0 fully saturated rings. The van der Waals surface area contributed by atoms with Gasteiger partial charge in [-0.1, -0.05) is 0 Å². The van der Waals surface area contributed by atoms with E-state index in [-0.39, 0.29) is 12.4 Å². The van der Waals surface area contributed by atoms with Crippen molar-refractivity contribution in [3.63, 3.8) is 0 Å². The van der Waals surface area contributed by atoms with Crippen molar-refractivity contribution in [2.45, 2.75) is 6.92 Å². The van der Waals surface area contributed by atoms with Crippen molar-refractivity contribution < 1.29 is 14.3 Å². The lowest BCUT2D eigenvalue weighted by molar-refractivity contribution is -0.139. The van der Waals surface area contributed by atoms with E-state index in [0.29, 0.717) is 5.56 Å². The second-order valence-electron chi connectivity index (χ2n) is 2.22. The molecule has 1 heterocycles. The Morgan fingerprint density at radius 2 is 2.33 bits per heavy atom. The molecule has 1 rings (SSSR count). The predicted molar refractivity (Wildman–Crippen MR) is 45.3 cm³/mol. The molecule has 0 aliphatic rings. The summed E-state index contributed by atoms with van der Waals surface area (Å²) in [5, 5.41) is 3.53. The van der Waals surface area contributed by atoms with Crippen molar-refractivity contribution in [1.82, 2.24) is 0 Å². The van der Waals surface area contributed by atoms with Gasteiger partial charge in [0.25, 0.3) is 0 Å². The van der Waals surface area contributed by atoms with Gasteiger partial charge in [0.1, 0.15) is 0 Å². The lowest BCUT2D eigenvalue weighted by atomic mass is 10.2. The van der Waals surface area contributed by atoms with Crippen molar-refractivity contribution in [1.29, 1.82) is 0 Å². The maximum absolute atomic E-state index is 11.1. The van der Waals surface area contributed by atoms with Gasteiger partial charge in [-0.3, -0.25) is 9.59 Å². The molecular weight excluding hydrogens is 176 g/mol. The number of Topliss-reactive ketones (excluding diaryl/α,β-unsaturated/α-hetero) is 1. The number of rotatable bonds is 3. The van der Waals surface area contributed by atoms with Gasteiger partial charge in [0.2, 0.25) is 5.78 Å². The highest BCUT2D eigenvalue weighted by atomic mass is 32.1. The topological polar surface area (TPSA) is 43.4 Å². The van der Waals surface area contributed by atoms with Gasteiger partial charge < -0.3 is 4.74 Å². The second-order valence-corrected chi connectivity index (χ2v) is 3.00. The summed E-state index contributed by atoms with van der Waals surface area (Å²) in [6.07, 6.45) is 0. The Bertz CT molecular complexity index is 277. The molecule has 0 spiro atoms. The molecule has 0 N–H and O–H groups in total. The van der Waals surface area contributed by atoms with Gasteiger partial charge in [0.15, 0.2) is 6.61 Å². The zero-order valence-electron chi connectivity index (χ0n) is 6.57. The van der Waals surface area contributed by atoms with Crippen LogP contribution in [0.2, 0.25) is 0 Å². The third-order valence-corrected chi connectivity index (χ3v) is 1.93. The zero-order valence-corrected chi connectivity index (χ0v) is 7.39. The van der Waals surface area contributed by atoms with Crippen molar-refractivity contribution in [3.05, 3.63) is 22.4 Å². The predicted octanol–water partition coefficient (Wildman–Crippen LogP) is 1.49. The Hall–Kier alpha value is -1.16. The molecule has 12 heavy (non-hydrogen) atoms. The number of hydrogen-bond acceptors (Lipinski definition) is 4. The molecule has 0 aliphatic heterocycles. The van der Waals surface area contributed by atoms with Crippen molar-refractivity contribution in [2.24, 2.45) is 0 Å². The minimum absolute atomic E-state index is 0.161. The summed E-state index contributed by atoms with van der Waals surface area (Å²) in [6, 6.07) is 1.70. The minimum Gasteiger partial charge on any atom is -0.457 e. The Labute approximate surface area is 74.0 Å². The molecule has 0 saturated heterocycles. The SMILES string of the molecule is CC(=O)OCC(=O)c1ccsc1. The fourth-order valence-electron chi connectivity index (χ4n) is 0.674. The van der Waals surface area contributed by atoms with Crippen LogP contribution in [0.3, 0.4) is 0 Å². The summed E-state index contributed by atoms with van der Waals surface area (Å²) in [5.41, 5.74) is 0.598. The first kappa shape index (κ1) is 8.93. The lowest BCUT2D eigenvalue weighted by Crippen LogP contribution is -2.10. The van der Waals surface area contributed by atoms with Crippen molar-refractivity contribution in [3.8, 4) is 0 Å². The molecule has 1 aromatic rings. The largest absolute Gasteiger partial charge is 0.457 e. The Morgan fingerprint density at radius 1 is 1.58 bits per heavy atom.